The molecule has 1 atom stereocenters. The molecule has 0 heterocycles. The molecule has 0 saturated heterocycles. The molecule has 0 radical (unpaired) electrons. The lowest BCUT2D eigenvalue weighted by Gasteiger charge is -2.10. The summed E-state index contributed by atoms with van der Waals surface area (Å²) in [5.74, 6) is -0.171. The van der Waals surface area contributed by atoms with Crippen molar-refractivity contribution in [2.45, 2.75) is 19.8 Å². The van der Waals surface area contributed by atoms with Crippen LogP contribution in [0, 0.1) is 5.92 Å². The van der Waals surface area contributed by atoms with Gasteiger partial charge >= 0.3 is 0 Å². The van der Waals surface area contributed by atoms with Crippen molar-refractivity contribution in [3.8, 4) is 0 Å². The van der Waals surface area contributed by atoms with E-state index in [1.165, 1.54) is 0 Å². The molecule has 0 bridgehead atoms. The zero-order valence-corrected chi connectivity index (χ0v) is 10.0. The van der Waals surface area contributed by atoms with Gasteiger partial charge in [-0.1, -0.05) is 6.92 Å². The Morgan fingerprint density at radius 3 is 2.53 bits per heavy atom. The van der Waals surface area contributed by atoms with E-state index < -0.39 is 9.84 Å². The molecule has 0 aliphatic heterocycles. The van der Waals surface area contributed by atoms with Crippen LogP contribution in [0.15, 0.2) is 0 Å². The number of sulfone groups is 1. The molecule has 0 aromatic rings. The second kappa shape index (κ2) is 6.79. The Hall–Kier alpha value is -0.620. The highest BCUT2D eigenvalue weighted by Gasteiger charge is 2.08. The van der Waals surface area contributed by atoms with Crippen molar-refractivity contribution in [1.29, 1.82) is 0 Å². The lowest BCUT2D eigenvalue weighted by Crippen LogP contribution is -2.29. The van der Waals surface area contributed by atoms with Gasteiger partial charge in [0.25, 0.3) is 0 Å². The highest BCUT2D eigenvalue weighted by atomic mass is 32.2. The van der Waals surface area contributed by atoms with E-state index >= 15 is 0 Å². The van der Waals surface area contributed by atoms with Crippen molar-refractivity contribution in [3.05, 3.63) is 0 Å². The molecule has 0 aromatic carbocycles. The van der Waals surface area contributed by atoms with Gasteiger partial charge in [-0.3, -0.25) is 4.79 Å². The Kier molecular flexibility index (Phi) is 6.51. The second-order valence-corrected chi connectivity index (χ2v) is 6.06. The number of aliphatic hydroxyl groups is 1. The fraction of sp³-hybridized carbons (Fsp3) is 0.889. The summed E-state index contributed by atoms with van der Waals surface area (Å²) >= 11 is 0. The van der Waals surface area contributed by atoms with E-state index in [1.807, 2.05) is 6.92 Å². The van der Waals surface area contributed by atoms with Crippen LogP contribution in [0.1, 0.15) is 19.8 Å². The highest BCUT2D eigenvalue weighted by Crippen LogP contribution is 1.98. The number of rotatable bonds is 7. The summed E-state index contributed by atoms with van der Waals surface area (Å²) in [6.07, 6.45) is 1.74. The average molecular weight is 237 g/mol. The minimum absolute atomic E-state index is 0.00464. The first-order valence-electron chi connectivity index (χ1n) is 4.90. The first-order valence-corrected chi connectivity index (χ1v) is 6.96. The van der Waals surface area contributed by atoms with Crippen LogP contribution in [-0.2, 0) is 14.6 Å². The molecular weight excluding hydrogens is 218 g/mol. The molecule has 0 rings (SSSR count). The average Bonchev–Trinajstić information content (AvgIpc) is 2.11. The Morgan fingerprint density at radius 1 is 1.47 bits per heavy atom. The van der Waals surface area contributed by atoms with Crippen molar-refractivity contribution in [1.82, 2.24) is 5.32 Å². The molecule has 0 spiro atoms. The number of carbonyl (C=O) groups is 1. The first kappa shape index (κ1) is 14.4. The third-order valence-corrected chi connectivity index (χ3v) is 2.92. The van der Waals surface area contributed by atoms with Crippen LogP contribution in [-0.4, -0.2) is 44.6 Å². The second-order valence-electron chi connectivity index (χ2n) is 3.80. The van der Waals surface area contributed by atoms with Gasteiger partial charge in [0, 0.05) is 25.8 Å². The Labute approximate surface area is 90.8 Å². The summed E-state index contributed by atoms with van der Waals surface area (Å²) in [7, 11) is -3.07. The predicted molar refractivity (Wildman–Crippen MR) is 58.2 cm³/mol. The maximum atomic E-state index is 11.2. The van der Waals surface area contributed by atoms with E-state index in [-0.39, 0.29) is 30.6 Å². The molecule has 1 amide bonds. The van der Waals surface area contributed by atoms with Crippen LogP contribution in [0.3, 0.4) is 0 Å². The lowest BCUT2D eigenvalue weighted by atomic mass is 10.1. The predicted octanol–water partition coefficient (Wildman–Crippen LogP) is -0.444. The maximum Gasteiger partial charge on any atom is 0.221 e. The molecule has 15 heavy (non-hydrogen) atoms. The highest BCUT2D eigenvalue weighted by molar-refractivity contribution is 7.90. The summed E-state index contributed by atoms with van der Waals surface area (Å²) in [6.45, 7) is 2.48. The van der Waals surface area contributed by atoms with Crippen molar-refractivity contribution in [2.75, 3.05) is 25.2 Å². The lowest BCUT2D eigenvalue weighted by molar-refractivity contribution is -0.120. The third-order valence-electron chi connectivity index (χ3n) is 1.97. The quantitative estimate of drug-likeness (QED) is 0.628. The molecule has 2 N–H and O–H groups in total. The van der Waals surface area contributed by atoms with Crippen LogP contribution in [0.4, 0.5) is 0 Å². The van der Waals surface area contributed by atoms with Crippen LogP contribution >= 0.6 is 0 Å². The minimum atomic E-state index is -3.07. The van der Waals surface area contributed by atoms with Gasteiger partial charge in [-0.25, -0.2) is 8.42 Å². The normalized spacial score (nSPS) is 13.5. The van der Waals surface area contributed by atoms with Crippen LogP contribution < -0.4 is 5.32 Å². The van der Waals surface area contributed by atoms with Crippen molar-refractivity contribution in [3.63, 3.8) is 0 Å². The van der Waals surface area contributed by atoms with Gasteiger partial charge in [0.1, 0.15) is 9.84 Å². The third kappa shape index (κ3) is 9.68. The fourth-order valence-electron chi connectivity index (χ4n) is 0.977. The Morgan fingerprint density at radius 2 is 2.07 bits per heavy atom. The molecule has 6 heteroatoms. The molecule has 0 aliphatic carbocycles. The maximum absolute atomic E-state index is 11.2. The van der Waals surface area contributed by atoms with Gasteiger partial charge in [0.2, 0.25) is 5.91 Å². The molecule has 0 fully saturated rings. The van der Waals surface area contributed by atoms with Crippen LogP contribution in [0.5, 0.6) is 0 Å². The first-order chi connectivity index (χ1) is 6.85. The van der Waals surface area contributed by atoms with Crippen molar-refractivity contribution >= 4 is 15.7 Å². The van der Waals surface area contributed by atoms with Crippen LogP contribution in [0.25, 0.3) is 0 Å². The largest absolute Gasteiger partial charge is 0.396 e. The molecule has 0 saturated carbocycles. The summed E-state index contributed by atoms with van der Waals surface area (Å²) in [5.41, 5.74) is 0. The van der Waals surface area contributed by atoms with E-state index in [4.69, 9.17) is 5.11 Å². The van der Waals surface area contributed by atoms with Gasteiger partial charge in [0.15, 0.2) is 0 Å². The van der Waals surface area contributed by atoms with Gasteiger partial charge in [-0.05, 0) is 12.3 Å². The van der Waals surface area contributed by atoms with E-state index in [9.17, 15) is 13.2 Å². The zero-order chi connectivity index (χ0) is 11.9. The van der Waals surface area contributed by atoms with Gasteiger partial charge in [-0.15, -0.1) is 0 Å². The molecule has 1 unspecified atom stereocenters. The van der Waals surface area contributed by atoms with Gasteiger partial charge in [-0.2, -0.15) is 0 Å². The van der Waals surface area contributed by atoms with Gasteiger partial charge < -0.3 is 10.4 Å². The fourth-order valence-corrected chi connectivity index (χ4v) is 1.53. The molecule has 90 valence electrons. The monoisotopic (exact) mass is 237 g/mol. The van der Waals surface area contributed by atoms with E-state index in [0.717, 1.165) is 6.26 Å². The Bertz CT molecular complexity index is 286. The molecule has 0 aromatic heterocycles. The van der Waals surface area contributed by atoms with Crippen molar-refractivity contribution < 1.29 is 18.3 Å². The molecule has 5 nitrogen and oxygen atoms in total. The topological polar surface area (TPSA) is 83.5 Å². The summed E-state index contributed by atoms with van der Waals surface area (Å²) in [6, 6.07) is 0. The van der Waals surface area contributed by atoms with Crippen molar-refractivity contribution in [2.24, 2.45) is 5.92 Å². The number of hydrogen-bond donors (Lipinski definition) is 2. The Balaban J connectivity index is 3.67. The van der Waals surface area contributed by atoms with E-state index in [1.54, 1.807) is 0 Å². The van der Waals surface area contributed by atoms with E-state index in [0.29, 0.717) is 13.0 Å². The number of hydrogen-bond acceptors (Lipinski definition) is 4. The van der Waals surface area contributed by atoms with E-state index in [2.05, 4.69) is 5.32 Å². The molecular formula is C9H19NO4S. The zero-order valence-electron chi connectivity index (χ0n) is 9.19. The summed E-state index contributed by atoms with van der Waals surface area (Å²) in [4.78, 5) is 11.2. The SMILES string of the molecule is CC(CCO)CNC(=O)CCS(C)(=O)=O. The minimum Gasteiger partial charge on any atom is -0.396 e. The number of nitrogens with one attached hydrogen (secondary N) is 1. The smallest absolute Gasteiger partial charge is 0.221 e. The van der Waals surface area contributed by atoms with Crippen LogP contribution in [0.2, 0.25) is 0 Å². The standard InChI is InChI=1S/C9H19NO4S/c1-8(3-5-11)7-10-9(12)4-6-15(2,13)14/h8,11H,3-7H2,1-2H3,(H,10,12). The number of aliphatic hydroxyl groups excluding tert-OH is 1. The summed E-state index contributed by atoms with van der Waals surface area (Å²) < 4.78 is 21.5. The number of amides is 1. The summed E-state index contributed by atoms with van der Waals surface area (Å²) in [5, 5.41) is 11.2. The number of carbonyl (C=O) groups excluding carboxylic acids is 1. The molecule has 0 aliphatic rings. The van der Waals surface area contributed by atoms with Gasteiger partial charge in [0.05, 0.1) is 5.75 Å².